The number of fused-ring (bicyclic) bond motifs is 3. The van der Waals surface area contributed by atoms with Gasteiger partial charge in [-0.15, -0.1) is 0 Å². The van der Waals surface area contributed by atoms with Gasteiger partial charge in [0.15, 0.2) is 11.9 Å². The van der Waals surface area contributed by atoms with Crippen molar-refractivity contribution in [3.8, 4) is 11.1 Å². The number of amides is 15. The third kappa shape index (κ3) is 34.2. The first-order valence-corrected chi connectivity index (χ1v) is 52.4. The fraction of sp³-hybridized carbons (Fsp3) is 0.468. The Bertz CT molecular complexity index is 5670. The molecule has 15 amide bonds. The van der Waals surface area contributed by atoms with E-state index in [2.05, 4.69) is 69.1 Å². The minimum Gasteiger partial charge on any atom is -0.449 e. The van der Waals surface area contributed by atoms with Gasteiger partial charge in [0.1, 0.15) is 91.2 Å². The predicted molar refractivity (Wildman–Crippen MR) is 568 cm³/mol. The molecule has 11 rings (SSSR count). The summed E-state index contributed by atoms with van der Waals surface area (Å²) in [6.45, 7) is 8.42. The molecule has 25 N–H and O–H groups in total. The Hall–Kier alpha value is -15.2. The Morgan fingerprint density at radius 2 is 0.647 bits per heavy atom. The van der Waals surface area contributed by atoms with Crippen molar-refractivity contribution in [3.63, 3.8) is 0 Å². The standard InChI is InChI=1S/C111H149N23O16/c1-5-70(4)94(131-98(138)84(49-26-28-56-113)130-111(149)150-68-80-78-46-23-21-44-76(78)77-45-22-24-47-79(77)80)105(145)129-88(62-69(2)3)106(146)132-59-31-52-91(132)102(142)124-85(63-71-34-11-6-12-35-71)99(139)122-82(48-25-27-55-112)97(137)127-89(66-74-40-17-9-18-41-74)107(147)133-60-32-54-93(133)104(144)126-87(65-73-38-15-8-16-39-73)101(141)128-90(67-75-42-19-10-20-43-75)108(148)134-61-33-53-92(134)103(143)125-86(64-72-36-13-7-14-37-72)100(140)123-83(51-30-58-120-110(117)118)96(136)121-81(95(114)135)50-29-57-119-109(115)116/h6-24,34-47,69-70,80-94H,5,25-33,48-68,112-113H2,1-4H3,(H2,114,135)(H,121,136)(H,122,139)(H,123,140)(H,124,142)(H,125,143)(H,126,144)(H,127,137)(H,128,141)(H,129,145)(H,130,149)(H,131,138)(H4,115,116,119)(H4,117,118,120)/t70-,81-,82-,83-,84-,85-,86-,87-,88-,89-,90-,91-,92-,93-,94-/m0/s1. The van der Waals surface area contributed by atoms with E-state index in [9.17, 15) is 28.8 Å². The van der Waals surface area contributed by atoms with E-state index >= 15 is 43.2 Å². The number of guanidine groups is 2. The fourth-order valence-corrected chi connectivity index (χ4v) is 19.8. The Labute approximate surface area is 876 Å². The minimum absolute atomic E-state index is 0.00234. The maximum absolute atomic E-state index is 15.8. The summed E-state index contributed by atoms with van der Waals surface area (Å²) in [7, 11) is 0. The van der Waals surface area contributed by atoms with Gasteiger partial charge in [-0.1, -0.05) is 234 Å². The molecule has 0 bridgehead atoms. The number of hydrogen-bond acceptors (Lipinski definition) is 20. The molecule has 3 aliphatic heterocycles. The molecule has 0 radical (unpaired) electrons. The molecule has 0 saturated carbocycles. The minimum atomic E-state index is -1.42. The Morgan fingerprint density at radius 3 is 0.993 bits per heavy atom. The van der Waals surface area contributed by atoms with Gasteiger partial charge in [0, 0.05) is 70.7 Å². The first-order valence-electron chi connectivity index (χ1n) is 52.4. The number of alkyl carbamates (subject to hydrolysis) is 1. The van der Waals surface area contributed by atoms with Gasteiger partial charge in [0.25, 0.3) is 0 Å². The summed E-state index contributed by atoms with van der Waals surface area (Å²) in [6, 6.07) is 41.9. The lowest BCUT2D eigenvalue weighted by molar-refractivity contribution is -0.143. The summed E-state index contributed by atoms with van der Waals surface area (Å²) in [5.41, 5.74) is 35.9. The van der Waals surface area contributed by atoms with E-state index in [0.29, 0.717) is 85.7 Å². The van der Waals surface area contributed by atoms with Crippen LogP contribution in [-0.2, 0) is 104 Å². The number of nitrogens with two attached hydrogens (primary N) is 5. The second kappa shape index (κ2) is 58.6. The molecule has 150 heavy (non-hydrogen) atoms. The van der Waals surface area contributed by atoms with E-state index < -0.39 is 179 Å². The number of nitrogens with one attached hydrogen (secondary N) is 15. The Balaban J connectivity index is 0.781. The van der Waals surface area contributed by atoms with E-state index in [0.717, 1.165) is 22.3 Å². The molecule has 15 atom stereocenters. The van der Waals surface area contributed by atoms with Crippen molar-refractivity contribution in [1.29, 1.82) is 10.8 Å². The van der Waals surface area contributed by atoms with Crippen molar-refractivity contribution < 1.29 is 76.7 Å². The maximum atomic E-state index is 15.8. The van der Waals surface area contributed by atoms with Gasteiger partial charge in [-0.05, 0) is 184 Å². The van der Waals surface area contributed by atoms with E-state index in [4.69, 9.17) is 44.2 Å². The predicted octanol–water partition coefficient (Wildman–Crippen LogP) is 4.29. The topological polar surface area (TPSA) is 609 Å². The van der Waals surface area contributed by atoms with Gasteiger partial charge < -0.3 is 117 Å². The highest BCUT2D eigenvalue weighted by atomic mass is 16.5. The molecule has 7 aromatic rings. The summed E-state index contributed by atoms with van der Waals surface area (Å²) in [6.07, 6.45) is 2.95. The molecule has 0 spiro atoms. The molecule has 39 nitrogen and oxygen atoms in total. The van der Waals surface area contributed by atoms with Crippen LogP contribution in [0.4, 0.5) is 4.79 Å². The molecule has 0 unspecified atom stereocenters. The lowest BCUT2D eigenvalue weighted by Crippen LogP contribution is -2.61. The number of likely N-dealkylation sites (tertiary alicyclic amines) is 3. The lowest BCUT2D eigenvalue weighted by atomic mass is 9.96. The second-order valence-electron chi connectivity index (χ2n) is 39.5. The van der Waals surface area contributed by atoms with Gasteiger partial charge in [-0.3, -0.25) is 77.9 Å². The molecule has 3 saturated heterocycles. The number of benzene rings is 7. The number of hydrogen-bond donors (Lipinski definition) is 20. The quantitative estimate of drug-likeness (QED) is 0.0144. The van der Waals surface area contributed by atoms with E-state index in [-0.39, 0.29) is 166 Å². The van der Waals surface area contributed by atoms with Gasteiger partial charge in [-0.25, -0.2) is 4.79 Å². The maximum Gasteiger partial charge on any atom is 0.407 e. The van der Waals surface area contributed by atoms with Gasteiger partial charge in [0.2, 0.25) is 82.7 Å². The molecular weight excluding hydrogens is 1910 g/mol. The zero-order valence-corrected chi connectivity index (χ0v) is 86.0. The fourth-order valence-electron chi connectivity index (χ4n) is 19.8. The molecule has 4 aliphatic rings. The van der Waals surface area contributed by atoms with E-state index in [1.54, 1.807) is 159 Å². The molecule has 0 aromatic heterocycles. The van der Waals surface area contributed by atoms with Crippen LogP contribution in [0.25, 0.3) is 11.1 Å². The summed E-state index contributed by atoms with van der Waals surface area (Å²) >= 11 is 0. The number of carbonyl (C=O) groups excluding carboxylic acids is 15. The highest BCUT2D eigenvalue weighted by Gasteiger charge is 2.46. The number of ether oxygens (including phenoxy) is 1. The zero-order valence-electron chi connectivity index (χ0n) is 86.0. The molecule has 3 fully saturated rings. The van der Waals surface area contributed by atoms with Crippen LogP contribution in [0.2, 0.25) is 0 Å². The third-order valence-electron chi connectivity index (χ3n) is 27.9. The molecular formula is C111H149N23O16. The molecule has 804 valence electrons. The zero-order chi connectivity index (χ0) is 108. The normalized spacial score (nSPS) is 17.0. The summed E-state index contributed by atoms with van der Waals surface area (Å²) in [4.78, 5) is 228. The van der Waals surface area contributed by atoms with Crippen molar-refractivity contribution in [2.24, 2.45) is 40.5 Å². The molecule has 39 heteroatoms. The highest BCUT2D eigenvalue weighted by Crippen LogP contribution is 2.45. The number of rotatable bonds is 57. The highest BCUT2D eigenvalue weighted by molar-refractivity contribution is 6.02. The third-order valence-corrected chi connectivity index (χ3v) is 27.9. The summed E-state index contributed by atoms with van der Waals surface area (Å²) in [5, 5.41) is 52.1. The molecule has 7 aromatic carbocycles. The van der Waals surface area contributed by atoms with Crippen molar-refractivity contribution in [2.45, 2.75) is 266 Å². The first kappa shape index (κ1) is 115. The lowest BCUT2D eigenvalue weighted by Gasteiger charge is -2.33. The second-order valence-corrected chi connectivity index (χ2v) is 39.5. The van der Waals surface area contributed by atoms with Crippen LogP contribution < -0.4 is 97.8 Å². The SMILES string of the molecule is CC[C@H](C)[C@H](NC(=O)[C@H](CCCCN)NC(=O)OCC1c2ccccc2-c2ccccc21)C(=O)N[C@@H](CC(C)C)C(=O)N1CCC[C@H]1C(=O)N[C@@H](Cc1ccccc1)C(=O)N[C@@H](CCCCN)C(=O)N[C@@H](Cc1ccccc1)C(=O)N1CCC[C@H]1C(=O)N[C@@H](Cc1ccccc1)C(=O)N[C@@H](Cc1ccccc1)C(=O)N1CCC[C@H]1C(=O)N[C@@H](Cc1ccccc1)C(=O)N[C@@H](CCCNC(=N)N)C(=O)N[C@@H](CCCNC(=N)N)C(N)=O. The van der Waals surface area contributed by atoms with Crippen molar-refractivity contribution in [3.05, 3.63) is 239 Å². The first-order chi connectivity index (χ1) is 72.3. The Morgan fingerprint density at radius 1 is 0.347 bits per heavy atom. The van der Waals surface area contributed by atoms with Gasteiger partial charge in [0.05, 0.1) is 0 Å². The monoisotopic (exact) mass is 2060 g/mol. The van der Waals surface area contributed by atoms with Crippen molar-refractivity contribution in [1.82, 2.24) is 83.8 Å². The van der Waals surface area contributed by atoms with Gasteiger partial charge >= 0.3 is 6.09 Å². The van der Waals surface area contributed by atoms with Crippen LogP contribution in [-0.4, -0.2) is 252 Å². The van der Waals surface area contributed by atoms with E-state index in [1.165, 1.54) is 14.7 Å². The smallest absolute Gasteiger partial charge is 0.407 e. The van der Waals surface area contributed by atoms with Crippen LogP contribution in [0.1, 0.15) is 188 Å². The van der Waals surface area contributed by atoms with Crippen LogP contribution in [0.5, 0.6) is 0 Å². The summed E-state index contributed by atoms with van der Waals surface area (Å²) < 4.78 is 5.88. The number of nitrogens with zero attached hydrogens (tertiary/aromatic N) is 3. The van der Waals surface area contributed by atoms with Crippen LogP contribution in [0, 0.1) is 22.7 Å². The molecule has 3 heterocycles. The van der Waals surface area contributed by atoms with E-state index in [1.807, 2.05) is 69.3 Å². The number of carbonyl (C=O) groups is 15. The van der Waals surface area contributed by atoms with Crippen molar-refractivity contribution in [2.75, 3.05) is 52.4 Å². The molecule has 1 aliphatic carbocycles. The van der Waals surface area contributed by atoms with Crippen LogP contribution in [0.15, 0.2) is 200 Å². The average Bonchev–Trinajstić information content (AvgIpc) is 1.61. The van der Waals surface area contributed by atoms with Crippen molar-refractivity contribution >= 4 is 101 Å². The Kier molecular flexibility index (Phi) is 45.0. The largest absolute Gasteiger partial charge is 0.449 e. The summed E-state index contributed by atoms with van der Waals surface area (Å²) in [5.74, 6) is -11.7. The average molecular weight is 2060 g/mol. The number of primary amides is 1. The number of unbranched alkanes of at least 4 members (excludes halogenated alkanes) is 2. The van der Waals surface area contributed by atoms with Crippen LogP contribution in [0.3, 0.4) is 0 Å². The van der Waals surface area contributed by atoms with Crippen LogP contribution >= 0.6 is 0 Å². The van der Waals surface area contributed by atoms with Gasteiger partial charge in [-0.2, -0.15) is 0 Å².